The fourth-order valence-corrected chi connectivity index (χ4v) is 6.01. The number of nitriles is 1. The maximum atomic E-state index is 13.9. The highest BCUT2D eigenvalue weighted by atomic mass is 35.5. The molecule has 2 atom stereocenters. The molecule has 2 aromatic carbocycles. The van der Waals surface area contributed by atoms with Crippen molar-refractivity contribution >= 4 is 29.1 Å². The molecule has 0 spiro atoms. The van der Waals surface area contributed by atoms with Crippen LogP contribution in [0.2, 0.25) is 5.02 Å². The van der Waals surface area contributed by atoms with Gasteiger partial charge in [-0.15, -0.1) is 0 Å². The van der Waals surface area contributed by atoms with Crippen LogP contribution < -0.4 is 5.32 Å². The molecule has 2 amide bonds. The number of hydrogen-bond acceptors (Lipinski definition) is 3. The van der Waals surface area contributed by atoms with Gasteiger partial charge in [-0.2, -0.15) is 5.26 Å². The Kier molecular flexibility index (Phi) is 7.58. The van der Waals surface area contributed by atoms with E-state index < -0.39 is 0 Å². The van der Waals surface area contributed by atoms with Crippen LogP contribution in [0.5, 0.6) is 0 Å². The summed E-state index contributed by atoms with van der Waals surface area (Å²) in [5.74, 6) is -0.124. The third kappa shape index (κ3) is 4.98. The van der Waals surface area contributed by atoms with Gasteiger partial charge in [0.2, 0.25) is 5.91 Å². The third-order valence-corrected chi connectivity index (χ3v) is 7.71. The molecule has 2 aliphatic rings. The van der Waals surface area contributed by atoms with Gasteiger partial charge in [0, 0.05) is 23.2 Å². The summed E-state index contributed by atoms with van der Waals surface area (Å²) in [6.45, 7) is 4.62. The lowest BCUT2D eigenvalue weighted by molar-refractivity contribution is -0.124. The van der Waals surface area contributed by atoms with Crippen molar-refractivity contribution in [1.82, 2.24) is 4.90 Å². The van der Waals surface area contributed by atoms with E-state index in [1.54, 1.807) is 18.2 Å². The Bertz CT molecular complexity index is 1100. The van der Waals surface area contributed by atoms with E-state index in [9.17, 15) is 14.9 Å². The van der Waals surface area contributed by atoms with E-state index in [4.69, 9.17) is 11.6 Å². The number of piperidine rings is 1. The van der Waals surface area contributed by atoms with E-state index in [2.05, 4.69) is 11.4 Å². The standard InChI is InChI=1S/C28H32ClN3O2/c1-18-8-6-9-19(2)25(18)28(34)32-15-7-12-23(26(32)20-10-4-3-5-11-20)27(33)31-24-16-22(29)14-13-21(24)17-30/h6,8-9,13-14,16,20,23,26H,3-5,7,10-12,15H2,1-2H3,(H,31,33)/t23-,26?/m0/s1. The molecule has 1 saturated heterocycles. The summed E-state index contributed by atoms with van der Waals surface area (Å²) in [5, 5.41) is 12.9. The molecule has 1 saturated carbocycles. The van der Waals surface area contributed by atoms with Gasteiger partial charge in [-0.1, -0.05) is 49.1 Å². The molecule has 1 heterocycles. The maximum absolute atomic E-state index is 13.9. The summed E-state index contributed by atoms with van der Waals surface area (Å²) in [5.41, 5.74) is 3.51. The first-order valence-corrected chi connectivity index (χ1v) is 12.7. The predicted octanol–water partition coefficient (Wildman–Crippen LogP) is 6.27. The van der Waals surface area contributed by atoms with Crippen LogP contribution in [0.3, 0.4) is 0 Å². The largest absolute Gasteiger partial charge is 0.335 e. The molecular formula is C28H32ClN3O2. The summed E-state index contributed by atoms with van der Waals surface area (Å²) >= 11 is 6.14. The summed E-state index contributed by atoms with van der Waals surface area (Å²) < 4.78 is 0. The lowest BCUT2D eigenvalue weighted by Gasteiger charge is -2.46. The second kappa shape index (κ2) is 10.6. The number of halogens is 1. The fraction of sp³-hybridized carbons (Fsp3) is 0.464. The third-order valence-electron chi connectivity index (χ3n) is 7.47. The summed E-state index contributed by atoms with van der Waals surface area (Å²) in [4.78, 5) is 29.5. The number of likely N-dealkylation sites (tertiary alicyclic amines) is 1. The van der Waals surface area contributed by atoms with E-state index in [0.717, 1.165) is 55.2 Å². The number of rotatable bonds is 4. The zero-order valence-corrected chi connectivity index (χ0v) is 20.7. The van der Waals surface area contributed by atoms with Gasteiger partial charge in [0.1, 0.15) is 6.07 Å². The lowest BCUT2D eigenvalue weighted by Crippen LogP contribution is -2.55. The zero-order valence-electron chi connectivity index (χ0n) is 19.9. The molecule has 2 aromatic rings. The van der Waals surface area contributed by atoms with Crippen LogP contribution in [0.4, 0.5) is 5.69 Å². The van der Waals surface area contributed by atoms with Crippen LogP contribution >= 0.6 is 11.6 Å². The van der Waals surface area contributed by atoms with Crippen LogP contribution in [-0.2, 0) is 4.79 Å². The van der Waals surface area contributed by atoms with E-state index >= 15 is 0 Å². The first-order valence-electron chi connectivity index (χ1n) is 12.3. The Balaban J connectivity index is 1.67. The molecule has 34 heavy (non-hydrogen) atoms. The molecule has 5 nitrogen and oxygen atoms in total. The number of carbonyl (C=O) groups is 2. The van der Waals surface area contributed by atoms with E-state index in [-0.39, 0.29) is 23.8 Å². The summed E-state index contributed by atoms with van der Waals surface area (Å²) in [6, 6.07) is 12.8. The van der Waals surface area contributed by atoms with Crippen LogP contribution in [0.25, 0.3) is 0 Å². The first-order chi connectivity index (χ1) is 16.4. The van der Waals surface area contributed by atoms with Gasteiger partial charge in [-0.25, -0.2) is 0 Å². The fourth-order valence-electron chi connectivity index (χ4n) is 5.84. The topological polar surface area (TPSA) is 73.2 Å². The molecule has 1 aliphatic heterocycles. The van der Waals surface area contributed by atoms with Gasteiger partial charge >= 0.3 is 0 Å². The number of carbonyl (C=O) groups excluding carboxylic acids is 2. The molecule has 4 rings (SSSR count). The second-order valence-corrected chi connectivity index (χ2v) is 10.1. The number of aryl methyl sites for hydroxylation is 2. The monoisotopic (exact) mass is 477 g/mol. The molecular weight excluding hydrogens is 446 g/mol. The molecule has 1 unspecified atom stereocenters. The first kappa shape index (κ1) is 24.3. The molecule has 0 bridgehead atoms. The molecule has 178 valence electrons. The van der Waals surface area contributed by atoms with Crippen LogP contribution in [0.1, 0.15) is 72.0 Å². The van der Waals surface area contributed by atoms with Crippen LogP contribution in [0, 0.1) is 37.0 Å². The van der Waals surface area contributed by atoms with Crippen molar-refractivity contribution in [2.24, 2.45) is 11.8 Å². The van der Waals surface area contributed by atoms with Crippen LogP contribution in [0.15, 0.2) is 36.4 Å². The van der Waals surface area contributed by atoms with Gasteiger partial charge in [-0.05, 0) is 74.8 Å². The SMILES string of the molecule is Cc1cccc(C)c1C(=O)N1CCC[C@H](C(=O)Nc2cc(Cl)ccc2C#N)C1C1CCCCC1. The zero-order chi connectivity index (χ0) is 24.2. The highest BCUT2D eigenvalue weighted by Crippen LogP contribution is 2.39. The molecule has 6 heteroatoms. The van der Waals surface area contributed by atoms with Crippen molar-refractivity contribution in [2.45, 2.75) is 64.8 Å². The smallest absolute Gasteiger partial charge is 0.254 e. The van der Waals surface area contributed by atoms with Gasteiger partial charge < -0.3 is 10.2 Å². The Morgan fingerprint density at radius 3 is 2.41 bits per heavy atom. The molecule has 1 aliphatic carbocycles. The minimum absolute atomic E-state index is 0.0316. The number of nitrogens with one attached hydrogen (secondary N) is 1. The van der Waals surface area contributed by atoms with Gasteiger partial charge in [0.25, 0.3) is 5.91 Å². The van der Waals surface area contributed by atoms with Crippen molar-refractivity contribution in [2.75, 3.05) is 11.9 Å². The average Bonchev–Trinajstić information content (AvgIpc) is 2.84. The predicted molar refractivity (Wildman–Crippen MR) is 135 cm³/mol. The van der Waals surface area contributed by atoms with Gasteiger partial charge in [0.15, 0.2) is 0 Å². The minimum atomic E-state index is -0.323. The van der Waals surface area contributed by atoms with Crippen molar-refractivity contribution in [3.05, 3.63) is 63.7 Å². The Labute approximate surface area is 207 Å². The van der Waals surface area contributed by atoms with Crippen molar-refractivity contribution in [3.8, 4) is 6.07 Å². The Morgan fingerprint density at radius 2 is 1.74 bits per heavy atom. The Hall–Kier alpha value is -2.84. The van der Waals surface area contributed by atoms with Crippen molar-refractivity contribution in [3.63, 3.8) is 0 Å². The minimum Gasteiger partial charge on any atom is -0.335 e. The molecule has 0 aromatic heterocycles. The van der Waals surface area contributed by atoms with E-state index in [0.29, 0.717) is 28.7 Å². The molecule has 0 radical (unpaired) electrons. The van der Waals surface area contributed by atoms with E-state index in [1.165, 1.54) is 6.42 Å². The lowest BCUT2D eigenvalue weighted by atomic mass is 9.74. The molecule has 1 N–H and O–H groups in total. The number of amides is 2. The number of nitrogens with zero attached hydrogens (tertiary/aromatic N) is 2. The maximum Gasteiger partial charge on any atom is 0.254 e. The number of benzene rings is 2. The highest BCUT2D eigenvalue weighted by molar-refractivity contribution is 6.31. The van der Waals surface area contributed by atoms with Crippen molar-refractivity contribution in [1.29, 1.82) is 5.26 Å². The molecule has 2 fully saturated rings. The number of hydrogen-bond donors (Lipinski definition) is 1. The van der Waals surface area contributed by atoms with Crippen LogP contribution in [-0.4, -0.2) is 29.3 Å². The van der Waals surface area contributed by atoms with Gasteiger partial charge in [-0.3, -0.25) is 9.59 Å². The summed E-state index contributed by atoms with van der Waals surface area (Å²) in [7, 11) is 0. The number of anilines is 1. The summed E-state index contributed by atoms with van der Waals surface area (Å²) in [6.07, 6.45) is 7.04. The van der Waals surface area contributed by atoms with E-state index in [1.807, 2.05) is 36.9 Å². The Morgan fingerprint density at radius 1 is 1.03 bits per heavy atom. The highest BCUT2D eigenvalue weighted by Gasteiger charge is 2.43. The normalized spacial score (nSPS) is 21.1. The van der Waals surface area contributed by atoms with Crippen molar-refractivity contribution < 1.29 is 9.59 Å². The van der Waals surface area contributed by atoms with Gasteiger partial charge in [0.05, 0.1) is 17.2 Å². The second-order valence-electron chi connectivity index (χ2n) is 9.69. The quantitative estimate of drug-likeness (QED) is 0.564. The average molecular weight is 478 g/mol.